The van der Waals surface area contributed by atoms with Gasteiger partial charge in [0.2, 0.25) is 0 Å². The van der Waals surface area contributed by atoms with Crippen molar-refractivity contribution in [2.75, 3.05) is 5.32 Å². The molecule has 0 aliphatic carbocycles. The molecular weight excluding hydrogens is 298 g/mol. The number of ether oxygens (including phenoxy) is 1. The highest BCUT2D eigenvalue weighted by atomic mass is 35.5. The van der Waals surface area contributed by atoms with E-state index in [1.807, 2.05) is 26.0 Å². The van der Waals surface area contributed by atoms with Crippen molar-refractivity contribution in [2.24, 2.45) is 0 Å². The first-order chi connectivity index (χ1) is 9.95. The molecule has 0 aliphatic rings. The van der Waals surface area contributed by atoms with Crippen molar-refractivity contribution in [3.8, 4) is 5.75 Å². The van der Waals surface area contributed by atoms with Gasteiger partial charge in [-0.05, 0) is 43.2 Å². The van der Waals surface area contributed by atoms with Crippen LogP contribution in [0.3, 0.4) is 0 Å². The molecule has 0 radical (unpaired) electrons. The number of anilines is 1. The summed E-state index contributed by atoms with van der Waals surface area (Å²) in [6, 6.07) is 8.39. The number of halogens is 3. The molecule has 1 aromatic heterocycles. The molecule has 0 bridgehead atoms. The average Bonchev–Trinajstić information content (AvgIpc) is 2.42. The topological polar surface area (TPSA) is 34.1 Å². The Morgan fingerprint density at radius 1 is 1.29 bits per heavy atom. The Kier molecular flexibility index (Phi) is 4.96. The molecule has 0 amide bonds. The van der Waals surface area contributed by atoms with Gasteiger partial charge in [0, 0.05) is 6.04 Å². The minimum atomic E-state index is -2.83. The van der Waals surface area contributed by atoms with E-state index in [4.69, 9.17) is 11.6 Å². The molecule has 1 heterocycles. The monoisotopic (exact) mass is 312 g/mol. The van der Waals surface area contributed by atoms with Crippen LogP contribution in [0.25, 0.3) is 0 Å². The van der Waals surface area contributed by atoms with Crippen LogP contribution in [0.2, 0.25) is 5.15 Å². The largest absolute Gasteiger partial charge is 0.435 e. The van der Waals surface area contributed by atoms with Crippen LogP contribution in [0.5, 0.6) is 5.75 Å². The summed E-state index contributed by atoms with van der Waals surface area (Å²) in [6.45, 7) is 0.958. The lowest BCUT2D eigenvalue weighted by Crippen LogP contribution is -2.08. The maximum Gasteiger partial charge on any atom is 0.387 e. The predicted molar refractivity (Wildman–Crippen MR) is 79.1 cm³/mol. The molecule has 112 valence electrons. The minimum absolute atomic E-state index is 0.0893. The second kappa shape index (κ2) is 6.72. The summed E-state index contributed by atoms with van der Waals surface area (Å²) in [5, 5.41) is 3.70. The van der Waals surface area contributed by atoms with Crippen molar-refractivity contribution in [1.29, 1.82) is 0 Å². The molecule has 0 fully saturated rings. The lowest BCUT2D eigenvalue weighted by atomic mass is 10.1. The molecule has 0 saturated heterocycles. The number of pyridine rings is 1. The number of alkyl halides is 2. The van der Waals surface area contributed by atoms with Gasteiger partial charge in [-0.3, -0.25) is 0 Å². The van der Waals surface area contributed by atoms with Gasteiger partial charge in [-0.25, -0.2) is 4.98 Å². The van der Waals surface area contributed by atoms with Crippen LogP contribution in [-0.2, 0) is 0 Å². The summed E-state index contributed by atoms with van der Waals surface area (Å²) < 4.78 is 28.8. The Balaban J connectivity index is 2.12. The number of benzene rings is 1. The Morgan fingerprint density at radius 3 is 2.71 bits per heavy atom. The molecule has 21 heavy (non-hydrogen) atoms. The molecular formula is C15H15ClF2N2O. The van der Waals surface area contributed by atoms with Crippen molar-refractivity contribution in [3.05, 3.63) is 52.8 Å². The van der Waals surface area contributed by atoms with Gasteiger partial charge in [0.15, 0.2) is 0 Å². The lowest BCUT2D eigenvalue weighted by molar-refractivity contribution is -0.0498. The first-order valence-electron chi connectivity index (χ1n) is 6.39. The number of nitrogens with one attached hydrogen (secondary N) is 1. The molecule has 1 aromatic carbocycles. The zero-order valence-electron chi connectivity index (χ0n) is 11.6. The molecule has 2 aromatic rings. The number of aromatic nitrogens is 1. The Bertz CT molecular complexity index is 622. The Labute approximate surface area is 126 Å². The van der Waals surface area contributed by atoms with Gasteiger partial charge in [-0.1, -0.05) is 23.7 Å². The zero-order valence-corrected chi connectivity index (χ0v) is 12.4. The van der Waals surface area contributed by atoms with E-state index in [0.29, 0.717) is 5.15 Å². The van der Waals surface area contributed by atoms with Crippen molar-refractivity contribution in [3.63, 3.8) is 0 Å². The first-order valence-corrected chi connectivity index (χ1v) is 6.77. The maximum atomic E-state index is 12.2. The molecule has 1 N–H and O–H groups in total. The molecule has 0 saturated carbocycles. The van der Waals surface area contributed by atoms with E-state index in [0.717, 1.165) is 16.8 Å². The summed E-state index contributed by atoms with van der Waals surface area (Å²) in [5.41, 5.74) is 2.51. The van der Waals surface area contributed by atoms with E-state index in [1.165, 1.54) is 6.07 Å². The predicted octanol–water partition coefficient (Wildman–Crippen LogP) is 4.82. The third kappa shape index (κ3) is 4.29. The minimum Gasteiger partial charge on any atom is -0.435 e. The summed E-state index contributed by atoms with van der Waals surface area (Å²) >= 11 is 5.88. The maximum absolute atomic E-state index is 12.2. The summed E-state index contributed by atoms with van der Waals surface area (Å²) in [5.74, 6) is 0.140. The van der Waals surface area contributed by atoms with Crippen LogP contribution >= 0.6 is 11.6 Å². The van der Waals surface area contributed by atoms with Crippen LogP contribution in [0.1, 0.15) is 24.1 Å². The van der Waals surface area contributed by atoms with Gasteiger partial charge in [0.25, 0.3) is 0 Å². The summed E-state index contributed by atoms with van der Waals surface area (Å²) in [4.78, 5) is 4.06. The van der Waals surface area contributed by atoms with Crippen molar-refractivity contribution < 1.29 is 13.5 Å². The van der Waals surface area contributed by atoms with Gasteiger partial charge < -0.3 is 10.1 Å². The van der Waals surface area contributed by atoms with Gasteiger partial charge in [0.1, 0.15) is 10.9 Å². The van der Waals surface area contributed by atoms with E-state index in [-0.39, 0.29) is 11.8 Å². The van der Waals surface area contributed by atoms with Crippen LogP contribution in [0.4, 0.5) is 14.5 Å². The highest BCUT2D eigenvalue weighted by molar-refractivity contribution is 6.30. The molecule has 3 nitrogen and oxygen atoms in total. The summed E-state index contributed by atoms with van der Waals surface area (Å²) in [7, 11) is 0. The zero-order chi connectivity index (χ0) is 15.4. The van der Waals surface area contributed by atoms with Crippen LogP contribution in [0, 0.1) is 6.92 Å². The SMILES string of the molecule is Cc1cc(NC(C)c2cccc(OC(F)F)c2)cnc1Cl. The molecule has 6 heteroatoms. The number of rotatable bonds is 5. The smallest absolute Gasteiger partial charge is 0.387 e. The van der Waals surface area contributed by atoms with E-state index in [1.54, 1.807) is 18.3 Å². The van der Waals surface area contributed by atoms with Crippen LogP contribution in [0.15, 0.2) is 36.5 Å². The van der Waals surface area contributed by atoms with Crippen LogP contribution in [-0.4, -0.2) is 11.6 Å². The average molecular weight is 313 g/mol. The molecule has 1 atom stereocenters. The van der Waals surface area contributed by atoms with E-state index in [9.17, 15) is 8.78 Å². The highest BCUT2D eigenvalue weighted by Gasteiger charge is 2.10. The fraction of sp³-hybridized carbons (Fsp3) is 0.267. The standard InChI is InChI=1S/C15H15ClF2N2O/c1-9-6-12(8-19-14(9)16)20-10(2)11-4-3-5-13(7-11)21-15(17)18/h3-8,10,15,20H,1-2H3. The van der Waals surface area contributed by atoms with Gasteiger partial charge in [-0.15, -0.1) is 0 Å². The van der Waals surface area contributed by atoms with Crippen molar-refractivity contribution in [1.82, 2.24) is 4.98 Å². The van der Waals surface area contributed by atoms with Crippen molar-refractivity contribution >= 4 is 17.3 Å². The number of hydrogen-bond acceptors (Lipinski definition) is 3. The quantitative estimate of drug-likeness (QED) is 0.804. The Hall–Kier alpha value is -1.88. The first kappa shape index (κ1) is 15.5. The van der Waals surface area contributed by atoms with Gasteiger partial charge in [0.05, 0.1) is 11.9 Å². The molecule has 0 spiro atoms. The van der Waals surface area contributed by atoms with Crippen molar-refractivity contribution in [2.45, 2.75) is 26.5 Å². The summed E-state index contributed by atoms with van der Waals surface area (Å²) in [6.07, 6.45) is 1.63. The number of hydrogen-bond donors (Lipinski definition) is 1. The van der Waals surface area contributed by atoms with E-state index >= 15 is 0 Å². The number of aryl methyl sites for hydroxylation is 1. The Morgan fingerprint density at radius 2 is 2.05 bits per heavy atom. The highest BCUT2D eigenvalue weighted by Crippen LogP contribution is 2.25. The van der Waals surface area contributed by atoms with Crippen LogP contribution < -0.4 is 10.1 Å². The lowest BCUT2D eigenvalue weighted by Gasteiger charge is -2.17. The van der Waals surface area contributed by atoms with Gasteiger partial charge >= 0.3 is 6.61 Å². The molecule has 1 unspecified atom stereocenters. The molecule has 2 rings (SSSR count). The third-order valence-electron chi connectivity index (χ3n) is 2.98. The second-order valence-corrected chi connectivity index (χ2v) is 5.01. The molecule has 0 aliphatic heterocycles. The number of nitrogens with zero attached hydrogens (tertiary/aromatic N) is 1. The van der Waals surface area contributed by atoms with E-state index in [2.05, 4.69) is 15.0 Å². The normalized spacial score (nSPS) is 12.3. The third-order valence-corrected chi connectivity index (χ3v) is 3.38. The van der Waals surface area contributed by atoms with E-state index < -0.39 is 6.61 Å². The van der Waals surface area contributed by atoms with Gasteiger partial charge in [-0.2, -0.15) is 8.78 Å². The fourth-order valence-corrected chi connectivity index (χ4v) is 2.03. The second-order valence-electron chi connectivity index (χ2n) is 4.65. The fourth-order valence-electron chi connectivity index (χ4n) is 1.93.